The van der Waals surface area contributed by atoms with E-state index < -0.39 is 0 Å². The Hall–Kier alpha value is -1.31. The van der Waals surface area contributed by atoms with Gasteiger partial charge in [0.05, 0.1) is 9.26 Å². The number of nitrogens with zero attached hydrogens (tertiary/aromatic N) is 4. The van der Waals surface area contributed by atoms with Gasteiger partial charge in [0.15, 0.2) is 5.82 Å². The van der Waals surface area contributed by atoms with Crippen molar-refractivity contribution in [2.45, 2.75) is 20.3 Å². The van der Waals surface area contributed by atoms with Crippen LogP contribution in [-0.2, 0) is 6.42 Å². The minimum atomic E-state index is 0.509. The first-order valence-electron chi connectivity index (χ1n) is 5.66. The van der Waals surface area contributed by atoms with Crippen LogP contribution < -0.4 is 5.73 Å². The van der Waals surface area contributed by atoms with Gasteiger partial charge in [0, 0.05) is 6.20 Å². The van der Waals surface area contributed by atoms with Crippen LogP contribution in [0.4, 0.5) is 5.82 Å². The van der Waals surface area contributed by atoms with Crippen molar-refractivity contribution in [2.24, 2.45) is 5.92 Å². The van der Waals surface area contributed by atoms with Crippen LogP contribution >= 0.6 is 22.6 Å². The number of hydrogen-bond donors (Lipinski definition) is 1. The molecule has 0 aliphatic rings. The average molecular weight is 355 g/mol. The summed E-state index contributed by atoms with van der Waals surface area (Å²) in [6.45, 7) is 4.30. The van der Waals surface area contributed by atoms with E-state index in [-0.39, 0.29) is 0 Å². The minimum absolute atomic E-state index is 0.509. The lowest BCUT2D eigenvalue weighted by atomic mass is 10.1. The summed E-state index contributed by atoms with van der Waals surface area (Å²) in [6.07, 6.45) is 4.03. The van der Waals surface area contributed by atoms with Crippen molar-refractivity contribution in [3.63, 3.8) is 0 Å². The van der Waals surface area contributed by atoms with E-state index in [4.69, 9.17) is 5.73 Å². The second-order valence-corrected chi connectivity index (χ2v) is 5.46. The molecule has 2 heterocycles. The molecule has 0 unspecified atom stereocenters. The Kier molecular flexibility index (Phi) is 4.05. The highest BCUT2D eigenvalue weighted by Gasteiger charge is 2.13. The molecule has 18 heavy (non-hydrogen) atoms. The van der Waals surface area contributed by atoms with Gasteiger partial charge in [-0.05, 0) is 41.0 Å². The lowest BCUT2D eigenvalue weighted by Gasteiger charge is -2.10. The fraction of sp³-hybridized carbons (Fsp3) is 0.333. The maximum Gasteiger partial charge on any atom is 0.180 e. The number of nitrogen functional groups attached to an aromatic ring is 1. The smallest absolute Gasteiger partial charge is 0.180 e. The number of rotatable bonds is 3. The topological polar surface area (TPSA) is 77.6 Å². The Morgan fingerprint density at radius 2 is 2.11 bits per heavy atom. The third-order valence-electron chi connectivity index (χ3n) is 2.36. The second kappa shape index (κ2) is 5.55. The largest absolute Gasteiger partial charge is 0.383 e. The third-order valence-corrected chi connectivity index (χ3v) is 3.53. The number of halogens is 1. The number of hydrogen-bond acceptors (Lipinski definition) is 5. The molecule has 0 fully saturated rings. The standard InChI is InChI=1S/C12H14IN5/c1-7(2)5-9-10(13)11(14)18-12(17-9)8-3-4-15-6-16-8/h3-4,6-7H,5H2,1-2H3,(H2,14,17,18). The van der Waals surface area contributed by atoms with Crippen molar-refractivity contribution in [1.29, 1.82) is 0 Å². The van der Waals surface area contributed by atoms with E-state index in [1.807, 2.05) is 0 Å². The molecule has 0 saturated carbocycles. The molecular weight excluding hydrogens is 341 g/mol. The van der Waals surface area contributed by atoms with Gasteiger partial charge in [-0.2, -0.15) is 0 Å². The Labute approximate surface area is 119 Å². The molecule has 0 aliphatic heterocycles. The molecule has 0 aromatic carbocycles. The maximum atomic E-state index is 5.93. The molecule has 0 bridgehead atoms. The summed E-state index contributed by atoms with van der Waals surface area (Å²) < 4.78 is 0.930. The molecule has 2 N–H and O–H groups in total. The van der Waals surface area contributed by atoms with Crippen molar-refractivity contribution in [2.75, 3.05) is 5.73 Å². The van der Waals surface area contributed by atoms with Gasteiger partial charge in [-0.1, -0.05) is 13.8 Å². The average Bonchev–Trinajstić information content (AvgIpc) is 2.35. The van der Waals surface area contributed by atoms with Crippen LogP contribution in [0.1, 0.15) is 19.5 Å². The van der Waals surface area contributed by atoms with Crippen molar-refractivity contribution in [3.05, 3.63) is 27.9 Å². The fourth-order valence-corrected chi connectivity index (χ4v) is 2.03. The first kappa shape index (κ1) is 13.1. The van der Waals surface area contributed by atoms with Crippen LogP contribution in [0, 0.1) is 9.49 Å². The zero-order chi connectivity index (χ0) is 13.1. The number of nitrogens with two attached hydrogens (primary N) is 1. The van der Waals surface area contributed by atoms with Crippen LogP contribution in [0.3, 0.4) is 0 Å². The maximum absolute atomic E-state index is 5.93. The van der Waals surface area contributed by atoms with E-state index in [2.05, 4.69) is 56.4 Å². The number of anilines is 1. The number of aromatic nitrogens is 4. The molecule has 0 spiro atoms. The van der Waals surface area contributed by atoms with Crippen LogP contribution in [0.5, 0.6) is 0 Å². The molecule has 2 aromatic heterocycles. The predicted octanol–water partition coefficient (Wildman–Crippen LogP) is 2.32. The molecule has 0 saturated heterocycles. The summed E-state index contributed by atoms with van der Waals surface area (Å²) in [4.78, 5) is 16.9. The van der Waals surface area contributed by atoms with Crippen LogP contribution in [0.2, 0.25) is 0 Å². The molecule has 0 atom stereocenters. The Balaban J connectivity index is 2.47. The van der Waals surface area contributed by atoms with E-state index in [1.54, 1.807) is 12.3 Å². The zero-order valence-corrected chi connectivity index (χ0v) is 12.4. The van der Waals surface area contributed by atoms with Crippen molar-refractivity contribution >= 4 is 28.4 Å². The van der Waals surface area contributed by atoms with E-state index in [0.29, 0.717) is 23.3 Å². The van der Waals surface area contributed by atoms with Crippen LogP contribution in [0.25, 0.3) is 11.5 Å². The summed E-state index contributed by atoms with van der Waals surface area (Å²) in [7, 11) is 0. The molecule has 94 valence electrons. The Morgan fingerprint density at radius 1 is 1.33 bits per heavy atom. The molecule has 2 aromatic rings. The van der Waals surface area contributed by atoms with Gasteiger partial charge < -0.3 is 5.73 Å². The monoisotopic (exact) mass is 355 g/mol. The highest BCUT2D eigenvalue weighted by molar-refractivity contribution is 14.1. The van der Waals surface area contributed by atoms with Crippen molar-refractivity contribution < 1.29 is 0 Å². The second-order valence-electron chi connectivity index (χ2n) is 4.39. The minimum Gasteiger partial charge on any atom is -0.383 e. The van der Waals surface area contributed by atoms with Gasteiger partial charge in [0.25, 0.3) is 0 Å². The Bertz CT molecular complexity index is 542. The summed E-state index contributed by atoms with van der Waals surface area (Å²) in [5.41, 5.74) is 7.60. The quantitative estimate of drug-likeness (QED) is 0.855. The predicted molar refractivity (Wildman–Crippen MR) is 78.7 cm³/mol. The SMILES string of the molecule is CC(C)Cc1nc(-c2ccncn2)nc(N)c1I. The van der Waals surface area contributed by atoms with Crippen molar-refractivity contribution in [3.8, 4) is 11.5 Å². The lowest BCUT2D eigenvalue weighted by molar-refractivity contribution is 0.632. The van der Waals surface area contributed by atoms with E-state index >= 15 is 0 Å². The first-order chi connectivity index (χ1) is 8.58. The lowest BCUT2D eigenvalue weighted by Crippen LogP contribution is -2.08. The molecule has 0 radical (unpaired) electrons. The molecule has 5 nitrogen and oxygen atoms in total. The Morgan fingerprint density at radius 3 is 2.72 bits per heavy atom. The normalized spacial score (nSPS) is 10.9. The van der Waals surface area contributed by atoms with Gasteiger partial charge in [-0.25, -0.2) is 19.9 Å². The molecular formula is C12H14IN5. The summed E-state index contributed by atoms with van der Waals surface area (Å²) in [6, 6.07) is 1.78. The third kappa shape index (κ3) is 2.92. The van der Waals surface area contributed by atoms with Crippen LogP contribution in [0.15, 0.2) is 18.6 Å². The van der Waals surface area contributed by atoms with E-state index in [0.717, 1.165) is 15.7 Å². The van der Waals surface area contributed by atoms with Crippen molar-refractivity contribution in [1.82, 2.24) is 19.9 Å². The molecule has 0 aliphatic carbocycles. The molecule has 0 amide bonds. The highest BCUT2D eigenvalue weighted by Crippen LogP contribution is 2.22. The van der Waals surface area contributed by atoms with E-state index in [1.165, 1.54) is 6.33 Å². The first-order valence-corrected chi connectivity index (χ1v) is 6.74. The van der Waals surface area contributed by atoms with Crippen LogP contribution in [-0.4, -0.2) is 19.9 Å². The molecule has 2 rings (SSSR count). The van der Waals surface area contributed by atoms with E-state index in [9.17, 15) is 0 Å². The fourth-order valence-electron chi connectivity index (χ4n) is 1.57. The summed E-state index contributed by atoms with van der Waals surface area (Å²) >= 11 is 2.19. The van der Waals surface area contributed by atoms with Gasteiger partial charge >= 0.3 is 0 Å². The van der Waals surface area contributed by atoms with Gasteiger partial charge in [0.1, 0.15) is 17.8 Å². The highest BCUT2D eigenvalue weighted by atomic mass is 127. The van der Waals surface area contributed by atoms with Gasteiger partial charge in [-0.3, -0.25) is 0 Å². The van der Waals surface area contributed by atoms with Gasteiger partial charge in [-0.15, -0.1) is 0 Å². The summed E-state index contributed by atoms with van der Waals surface area (Å²) in [5, 5.41) is 0. The zero-order valence-electron chi connectivity index (χ0n) is 10.3. The van der Waals surface area contributed by atoms with Gasteiger partial charge in [0.2, 0.25) is 0 Å². The molecule has 6 heteroatoms. The summed E-state index contributed by atoms with van der Waals surface area (Å²) in [5.74, 6) is 1.59.